The molecule has 3 rings (SSSR count). The zero-order chi connectivity index (χ0) is 19.6. The zero-order valence-electron chi connectivity index (χ0n) is 15.0. The van der Waals surface area contributed by atoms with Gasteiger partial charge in [-0.25, -0.2) is 9.13 Å². The molecule has 2 aromatic carbocycles. The van der Waals surface area contributed by atoms with Crippen LogP contribution in [0, 0.1) is 10.1 Å². The Morgan fingerprint density at radius 1 is 1.37 bits per heavy atom. The maximum Gasteiger partial charge on any atom is 0.271 e. The van der Waals surface area contributed by atoms with Crippen LogP contribution in [0.15, 0.2) is 55.4 Å². The van der Waals surface area contributed by atoms with E-state index in [2.05, 4.69) is 11.9 Å². The van der Waals surface area contributed by atoms with Crippen molar-refractivity contribution in [1.29, 1.82) is 0 Å². The van der Waals surface area contributed by atoms with Crippen molar-refractivity contribution in [2.45, 2.75) is 13.0 Å². The number of nitrogens with one attached hydrogen (secondary N) is 1. The Morgan fingerprint density at radius 2 is 2.11 bits per heavy atom. The molecule has 0 radical (unpaired) electrons. The molecular formula is C19H19N4O4+. The number of methoxy groups -OCH3 is 1. The molecule has 8 heteroatoms. The number of imidazole rings is 1. The molecule has 1 aromatic heterocycles. The van der Waals surface area contributed by atoms with Gasteiger partial charge in [-0.2, -0.15) is 0 Å². The molecule has 138 valence electrons. The molecule has 1 heterocycles. The summed E-state index contributed by atoms with van der Waals surface area (Å²) in [5, 5.41) is 13.7. The maximum atomic E-state index is 12.8. The number of non-ortho nitro benzene ring substituents is 1. The van der Waals surface area contributed by atoms with Crippen LogP contribution >= 0.6 is 0 Å². The Morgan fingerprint density at radius 3 is 2.78 bits per heavy atom. The van der Waals surface area contributed by atoms with Gasteiger partial charge in [-0.3, -0.25) is 14.9 Å². The summed E-state index contributed by atoms with van der Waals surface area (Å²) in [6.07, 6.45) is 3.44. The number of rotatable bonds is 6. The van der Waals surface area contributed by atoms with Crippen molar-refractivity contribution in [2.24, 2.45) is 0 Å². The fraction of sp³-hybridized carbons (Fsp3) is 0.158. The zero-order valence-corrected chi connectivity index (χ0v) is 15.0. The highest BCUT2D eigenvalue weighted by molar-refractivity contribution is 5.94. The first-order chi connectivity index (χ1) is 13.0. The molecule has 0 saturated carbocycles. The van der Waals surface area contributed by atoms with Gasteiger partial charge in [-0.05, 0) is 25.1 Å². The van der Waals surface area contributed by atoms with Crippen LogP contribution in [0.1, 0.15) is 13.0 Å². The Balaban J connectivity index is 1.94. The fourth-order valence-electron chi connectivity index (χ4n) is 2.88. The van der Waals surface area contributed by atoms with Gasteiger partial charge in [-0.1, -0.05) is 18.7 Å². The lowest BCUT2D eigenvalue weighted by Gasteiger charge is -2.13. The van der Waals surface area contributed by atoms with E-state index in [0.29, 0.717) is 5.75 Å². The Bertz CT molecular complexity index is 1040. The molecule has 0 aliphatic heterocycles. The van der Waals surface area contributed by atoms with Gasteiger partial charge in [0.05, 0.1) is 23.9 Å². The van der Waals surface area contributed by atoms with E-state index in [9.17, 15) is 14.9 Å². The Kier molecular flexibility index (Phi) is 4.89. The molecule has 0 saturated heterocycles. The predicted octanol–water partition coefficient (Wildman–Crippen LogP) is 3.15. The number of fused-ring (bicyclic) bond motifs is 1. The van der Waals surface area contributed by atoms with E-state index in [0.717, 1.165) is 11.0 Å². The Hall–Kier alpha value is -3.68. The van der Waals surface area contributed by atoms with Gasteiger partial charge < -0.3 is 10.1 Å². The molecule has 0 fully saturated rings. The van der Waals surface area contributed by atoms with Crippen LogP contribution in [-0.4, -0.2) is 22.5 Å². The van der Waals surface area contributed by atoms with Crippen molar-refractivity contribution in [1.82, 2.24) is 4.57 Å². The molecule has 1 atom stereocenters. The number of amides is 1. The molecule has 0 unspecified atom stereocenters. The normalized spacial score (nSPS) is 11.8. The second-order valence-electron chi connectivity index (χ2n) is 5.91. The van der Waals surface area contributed by atoms with Gasteiger partial charge >= 0.3 is 0 Å². The highest BCUT2D eigenvalue weighted by Crippen LogP contribution is 2.29. The molecule has 0 bridgehead atoms. The van der Waals surface area contributed by atoms with Crippen LogP contribution in [0.5, 0.6) is 5.75 Å². The summed E-state index contributed by atoms with van der Waals surface area (Å²) in [6.45, 7) is 5.53. The molecule has 0 spiro atoms. The topological polar surface area (TPSA) is 90.3 Å². The van der Waals surface area contributed by atoms with Crippen molar-refractivity contribution in [3.63, 3.8) is 0 Å². The van der Waals surface area contributed by atoms with Crippen LogP contribution in [-0.2, 0) is 4.79 Å². The van der Waals surface area contributed by atoms with Crippen LogP contribution in [0.2, 0.25) is 0 Å². The van der Waals surface area contributed by atoms with Gasteiger partial charge in [0, 0.05) is 12.1 Å². The maximum absolute atomic E-state index is 12.8. The summed E-state index contributed by atoms with van der Waals surface area (Å²) in [7, 11) is 1.44. The van der Waals surface area contributed by atoms with Gasteiger partial charge in [0.25, 0.3) is 11.6 Å². The summed E-state index contributed by atoms with van der Waals surface area (Å²) in [6, 6.07) is 11.1. The molecule has 1 N–H and O–H groups in total. The average Bonchev–Trinajstić information content (AvgIpc) is 3.06. The fourth-order valence-corrected chi connectivity index (χ4v) is 2.88. The number of nitro benzene ring substituents is 1. The quantitative estimate of drug-likeness (QED) is 0.412. The molecular weight excluding hydrogens is 348 g/mol. The number of carbonyl (C=O) groups excluding carboxylic acids is 1. The largest absolute Gasteiger partial charge is 0.495 e. The first-order valence-electron chi connectivity index (χ1n) is 8.22. The van der Waals surface area contributed by atoms with Gasteiger partial charge in [-0.15, -0.1) is 0 Å². The third-order valence-corrected chi connectivity index (χ3v) is 4.33. The first kappa shape index (κ1) is 18.1. The smallest absolute Gasteiger partial charge is 0.271 e. The predicted molar refractivity (Wildman–Crippen MR) is 102 cm³/mol. The number of nitrogens with zero attached hydrogens (tertiary/aromatic N) is 3. The SMILES string of the molecule is C=Cn1c[n+]([C@@H](C)C(=O)Nc2cc([N+](=O)[O-])ccc2OC)c2ccccc21. The van der Waals surface area contributed by atoms with Gasteiger partial charge in [0.1, 0.15) is 5.75 Å². The van der Waals surface area contributed by atoms with Crippen LogP contribution in [0.4, 0.5) is 11.4 Å². The second kappa shape index (κ2) is 7.28. The molecule has 0 aliphatic rings. The van der Waals surface area contributed by atoms with Crippen LogP contribution < -0.4 is 14.6 Å². The number of benzene rings is 2. The van der Waals surface area contributed by atoms with Gasteiger partial charge in [0.2, 0.25) is 6.33 Å². The van der Waals surface area contributed by atoms with E-state index >= 15 is 0 Å². The molecule has 27 heavy (non-hydrogen) atoms. The standard InChI is InChI=1S/C19H18N4O4/c1-4-21-12-22(17-8-6-5-7-16(17)21)13(2)19(24)20-15-11-14(23(25)26)9-10-18(15)27-3/h4-13H,1H2,2-3H3/p+1/t13-/m0/s1. The minimum atomic E-state index is -0.569. The summed E-state index contributed by atoms with van der Waals surface area (Å²) >= 11 is 0. The number of hydrogen-bond acceptors (Lipinski definition) is 4. The summed E-state index contributed by atoms with van der Waals surface area (Å²) in [5.74, 6) is 0.0189. The lowest BCUT2D eigenvalue weighted by atomic mass is 10.2. The number of nitro groups is 1. The van der Waals surface area contributed by atoms with Crippen LogP contribution in [0.25, 0.3) is 17.2 Å². The minimum Gasteiger partial charge on any atom is -0.495 e. The van der Waals surface area contributed by atoms with E-state index in [1.54, 1.807) is 19.5 Å². The van der Waals surface area contributed by atoms with Crippen LogP contribution in [0.3, 0.4) is 0 Å². The summed E-state index contributed by atoms with van der Waals surface area (Å²) in [5.41, 5.74) is 1.90. The third-order valence-electron chi connectivity index (χ3n) is 4.33. The number of anilines is 1. The van der Waals surface area contributed by atoms with Crippen molar-refractivity contribution in [3.05, 3.63) is 65.5 Å². The third kappa shape index (κ3) is 3.37. The van der Waals surface area contributed by atoms with Crippen molar-refractivity contribution < 1.29 is 19.0 Å². The second-order valence-corrected chi connectivity index (χ2v) is 5.91. The molecule has 0 aliphatic carbocycles. The van der Waals surface area contributed by atoms with E-state index < -0.39 is 11.0 Å². The summed E-state index contributed by atoms with van der Waals surface area (Å²) < 4.78 is 8.84. The van der Waals surface area contributed by atoms with E-state index in [-0.39, 0.29) is 17.3 Å². The molecule has 3 aromatic rings. The van der Waals surface area contributed by atoms with Crippen molar-refractivity contribution in [2.75, 3.05) is 12.4 Å². The van der Waals surface area contributed by atoms with Crippen molar-refractivity contribution in [3.8, 4) is 5.75 Å². The monoisotopic (exact) mass is 367 g/mol. The number of hydrogen-bond donors (Lipinski definition) is 1. The number of para-hydroxylation sites is 2. The lowest BCUT2D eigenvalue weighted by Crippen LogP contribution is -2.43. The number of carbonyl (C=O) groups is 1. The highest BCUT2D eigenvalue weighted by atomic mass is 16.6. The van der Waals surface area contributed by atoms with E-state index in [4.69, 9.17) is 4.74 Å². The average molecular weight is 367 g/mol. The summed E-state index contributed by atoms with van der Waals surface area (Å²) in [4.78, 5) is 23.3. The van der Waals surface area contributed by atoms with Crippen molar-refractivity contribution >= 4 is 34.5 Å². The minimum absolute atomic E-state index is 0.130. The number of aromatic nitrogens is 2. The molecule has 1 amide bonds. The lowest BCUT2D eigenvalue weighted by molar-refractivity contribution is -0.680. The molecule has 8 nitrogen and oxygen atoms in total. The Labute approximate surface area is 155 Å². The first-order valence-corrected chi connectivity index (χ1v) is 8.22. The van der Waals surface area contributed by atoms with E-state index in [1.165, 1.54) is 25.3 Å². The van der Waals surface area contributed by atoms with Gasteiger partial charge in [0.15, 0.2) is 17.1 Å². The number of ether oxygens (including phenoxy) is 1. The highest BCUT2D eigenvalue weighted by Gasteiger charge is 2.26. The van der Waals surface area contributed by atoms with E-state index in [1.807, 2.05) is 33.4 Å².